The number of fused-ring (bicyclic) bond motifs is 3. The molecule has 230 valence electrons. The van der Waals surface area contributed by atoms with E-state index in [0.29, 0.717) is 43.7 Å². The molecule has 0 radical (unpaired) electrons. The number of nitrogens with zero attached hydrogens (tertiary/aromatic N) is 4. The van der Waals surface area contributed by atoms with Gasteiger partial charge in [0.25, 0.3) is 0 Å². The maximum absolute atomic E-state index is 14.4. The van der Waals surface area contributed by atoms with Crippen LogP contribution < -0.4 is 13.8 Å². The summed E-state index contributed by atoms with van der Waals surface area (Å²) in [5.74, 6) is -0.00652. The average Bonchev–Trinajstić information content (AvgIpc) is 3.55. The molecule has 10 heteroatoms. The Bertz CT molecular complexity index is 1810. The smallest absolute Gasteiger partial charge is 0.340 e. The van der Waals surface area contributed by atoms with Crippen molar-refractivity contribution in [3.8, 4) is 11.9 Å². The van der Waals surface area contributed by atoms with Crippen molar-refractivity contribution in [1.29, 1.82) is 0 Å². The Kier molecular flexibility index (Phi) is 7.45. The van der Waals surface area contributed by atoms with E-state index in [2.05, 4.69) is 58.1 Å². The van der Waals surface area contributed by atoms with Crippen molar-refractivity contribution >= 4 is 26.6 Å². The van der Waals surface area contributed by atoms with Crippen molar-refractivity contribution in [2.24, 2.45) is 0 Å². The fourth-order valence-corrected chi connectivity index (χ4v) is 8.09. The summed E-state index contributed by atoms with van der Waals surface area (Å²) in [6, 6.07) is 19.3. The molecule has 4 aromatic rings. The monoisotopic (exact) mass is 616 g/mol. The summed E-state index contributed by atoms with van der Waals surface area (Å²) in [5.41, 5.74) is 4.26. The van der Waals surface area contributed by atoms with Gasteiger partial charge >= 0.3 is 16.1 Å². The van der Waals surface area contributed by atoms with Gasteiger partial charge in [-0.1, -0.05) is 55.0 Å². The SMILES string of the molecule is CCc1cccc2cccc(N3CCc4c(nc(OCC56CCCN5C[C@H](F)C6)nc4OS(=O)(=O)c4ccc(C)cc4)C3)c12. The Hall–Kier alpha value is -3.76. The lowest BCUT2D eigenvalue weighted by Crippen LogP contribution is -2.43. The molecule has 44 heavy (non-hydrogen) atoms. The Morgan fingerprint density at radius 2 is 1.84 bits per heavy atom. The first-order chi connectivity index (χ1) is 21.2. The number of rotatable bonds is 8. The molecule has 4 heterocycles. The van der Waals surface area contributed by atoms with Crippen LogP contribution in [0.25, 0.3) is 10.8 Å². The molecule has 1 unspecified atom stereocenters. The molecule has 0 amide bonds. The molecule has 2 fully saturated rings. The average molecular weight is 617 g/mol. The molecule has 8 nitrogen and oxygen atoms in total. The predicted molar refractivity (Wildman–Crippen MR) is 168 cm³/mol. The molecule has 1 aromatic heterocycles. The van der Waals surface area contributed by atoms with E-state index >= 15 is 0 Å². The number of hydrogen-bond acceptors (Lipinski definition) is 8. The lowest BCUT2D eigenvalue weighted by molar-refractivity contribution is 0.106. The molecule has 2 saturated heterocycles. The van der Waals surface area contributed by atoms with E-state index in [1.165, 1.54) is 28.5 Å². The Balaban J connectivity index is 1.25. The third-order valence-electron chi connectivity index (χ3n) is 9.43. The molecule has 0 bridgehead atoms. The summed E-state index contributed by atoms with van der Waals surface area (Å²) in [7, 11) is -4.15. The van der Waals surface area contributed by atoms with Crippen LogP contribution in [0.5, 0.6) is 11.9 Å². The van der Waals surface area contributed by atoms with Gasteiger partial charge in [0.2, 0.25) is 5.88 Å². The van der Waals surface area contributed by atoms with Gasteiger partial charge in [-0.2, -0.15) is 18.4 Å². The van der Waals surface area contributed by atoms with Crippen molar-refractivity contribution in [2.45, 2.75) is 69.1 Å². The zero-order valence-electron chi connectivity index (χ0n) is 25.1. The standard InChI is InChI=1S/C34H37FN4O4S/c1-3-24-7-4-8-25-9-5-10-30(31(24)25)38-18-15-28-29(21-38)36-33(42-22-34-16-6-17-39(34)20-26(35)19-34)37-32(28)43-44(40,41)27-13-11-23(2)12-14-27/h4-5,7-14,26H,3,6,15-22H2,1-2H3/t26-,34?/m1/s1. The van der Waals surface area contributed by atoms with E-state index < -0.39 is 16.3 Å². The second-order valence-electron chi connectivity index (χ2n) is 12.3. The quantitative estimate of drug-likeness (QED) is 0.230. The maximum Gasteiger partial charge on any atom is 0.340 e. The summed E-state index contributed by atoms with van der Waals surface area (Å²) >= 11 is 0. The van der Waals surface area contributed by atoms with Crippen LogP contribution in [0.2, 0.25) is 0 Å². The van der Waals surface area contributed by atoms with Gasteiger partial charge in [-0.25, -0.2) is 4.39 Å². The van der Waals surface area contributed by atoms with Gasteiger partial charge in [-0.15, -0.1) is 0 Å². The second-order valence-corrected chi connectivity index (χ2v) is 13.8. The zero-order chi connectivity index (χ0) is 30.5. The van der Waals surface area contributed by atoms with Gasteiger partial charge in [-0.05, 0) is 68.3 Å². The minimum absolute atomic E-state index is 0.00652. The summed E-state index contributed by atoms with van der Waals surface area (Å²) in [6.07, 6.45) is 2.77. The number of halogens is 1. The lowest BCUT2D eigenvalue weighted by atomic mass is 9.95. The molecular formula is C34H37FN4O4S. The number of hydrogen-bond donors (Lipinski definition) is 0. The van der Waals surface area contributed by atoms with Crippen LogP contribution in [0.1, 0.15) is 48.6 Å². The Morgan fingerprint density at radius 1 is 1.05 bits per heavy atom. The third kappa shape index (κ3) is 5.28. The second kappa shape index (κ2) is 11.3. The fourth-order valence-electron chi connectivity index (χ4n) is 7.17. The first kappa shape index (κ1) is 29.0. The topological polar surface area (TPSA) is 84.9 Å². The third-order valence-corrected chi connectivity index (χ3v) is 10.7. The van der Waals surface area contributed by atoms with Crippen LogP contribution in [0.4, 0.5) is 10.1 Å². The predicted octanol–water partition coefficient (Wildman–Crippen LogP) is 5.79. The van der Waals surface area contributed by atoms with Crippen LogP contribution in [0, 0.1) is 6.92 Å². The first-order valence-electron chi connectivity index (χ1n) is 15.4. The molecule has 0 N–H and O–H groups in total. The van der Waals surface area contributed by atoms with E-state index in [1.807, 2.05) is 6.92 Å². The maximum atomic E-state index is 14.4. The Morgan fingerprint density at radius 3 is 2.64 bits per heavy atom. The number of alkyl halides is 1. The normalized spacial score (nSPS) is 21.8. The number of aryl methyl sites for hydroxylation is 2. The Labute approximate surface area is 258 Å². The number of benzene rings is 3. The zero-order valence-corrected chi connectivity index (χ0v) is 25.9. The molecule has 0 aliphatic carbocycles. The van der Waals surface area contributed by atoms with Gasteiger partial charge in [0, 0.05) is 36.1 Å². The van der Waals surface area contributed by atoms with Crippen molar-refractivity contribution < 1.29 is 21.7 Å². The molecular weight excluding hydrogens is 579 g/mol. The van der Waals surface area contributed by atoms with Crippen LogP contribution in [-0.4, -0.2) is 61.2 Å². The molecule has 3 aliphatic rings. The fraction of sp³-hybridized carbons (Fsp3) is 0.412. The van der Waals surface area contributed by atoms with Crippen LogP contribution >= 0.6 is 0 Å². The van der Waals surface area contributed by atoms with Gasteiger partial charge in [-0.3, -0.25) is 4.90 Å². The molecule has 2 atom stereocenters. The van der Waals surface area contributed by atoms with Crippen molar-refractivity contribution in [1.82, 2.24) is 14.9 Å². The van der Waals surface area contributed by atoms with Gasteiger partial charge in [0.05, 0.1) is 17.8 Å². The highest BCUT2D eigenvalue weighted by molar-refractivity contribution is 7.87. The summed E-state index contributed by atoms with van der Waals surface area (Å²) < 4.78 is 53.1. The van der Waals surface area contributed by atoms with Gasteiger partial charge in [0.1, 0.15) is 17.7 Å². The molecule has 7 rings (SSSR count). The molecule has 0 spiro atoms. The minimum atomic E-state index is -4.15. The highest BCUT2D eigenvalue weighted by Crippen LogP contribution is 2.41. The largest absolute Gasteiger partial charge is 0.461 e. The van der Waals surface area contributed by atoms with Gasteiger partial charge < -0.3 is 13.8 Å². The number of aromatic nitrogens is 2. The van der Waals surface area contributed by atoms with Gasteiger partial charge in [0.15, 0.2) is 0 Å². The van der Waals surface area contributed by atoms with Crippen molar-refractivity contribution in [3.05, 3.63) is 83.0 Å². The highest BCUT2D eigenvalue weighted by atomic mass is 32.2. The highest BCUT2D eigenvalue weighted by Gasteiger charge is 2.49. The molecule has 0 saturated carbocycles. The van der Waals surface area contributed by atoms with Crippen molar-refractivity contribution in [2.75, 3.05) is 31.1 Å². The lowest BCUT2D eigenvalue weighted by Gasteiger charge is -2.33. The first-order valence-corrected chi connectivity index (χ1v) is 16.8. The summed E-state index contributed by atoms with van der Waals surface area (Å²) in [6.45, 7) is 6.64. The van der Waals surface area contributed by atoms with Crippen LogP contribution in [0.3, 0.4) is 0 Å². The van der Waals surface area contributed by atoms with E-state index in [4.69, 9.17) is 13.9 Å². The van der Waals surface area contributed by atoms with Crippen LogP contribution in [0.15, 0.2) is 65.6 Å². The summed E-state index contributed by atoms with van der Waals surface area (Å²) in [5, 5.41) is 2.39. The van der Waals surface area contributed by atoms with E-state index in [0.717, 1.165) is 37.1 Å². The number of ether oxygens (including phenoxy) is 1. The van der Waals surface area contributed by atoms with E-state index in [9.17, 15) is 12.8 Å². The van der Waals surface area contributed by atoms with Crippen molar-refractivity contribution in [3.63, 3.8) is 0 Å². The van der Waals surface area contributed by atoms with Crippen LogP contribution in [-0.2, 0) is 29.5 Å². The van der Waals surface area contributed by atoms with E-state index in [1.54, 1.807) is 12.1 Å². The molecule has 3 aromatic carbocycles. The van der Waals surface area contributed by atoms with E-state index in [-0.39, 0.29) is 28.9 Å². The molecule has 3 aliphatic heterocycles. The summed E-state index contributed by atoms with van der Waals surface area (Å²) in [4.78, 5) is 13.8. The minimum Gasteiger partial charge on any atom is -0.461 e. The number of anilines is 1.